The summed E-state index contributed by atoms with van der Waals surface area (Å²) in [5.74, 6) is 1.83. The van der Waals surface area contributed by atoms with Crippen LogP contribution in [-0.2, 0) is 4.79 Å². The molecule has 0 spiro atoms. The largest absolute Gasteiger partial charge is 0.497 e. The Kier molecular flexibility index (Phi) is 4.80. The zero-order chi connectivity index (χ0) is 20.5. The molecule has 1 aliphatic rings. The van der Waals surface area contributed by atoms with E-state index >= 15 is 0 Å². The highest BCUT2D eigenvalue weighted by Gasteiger charge is 2.34. The van der Waals surface area contributed by atoms with Crippen LogP contribution in [0, 0.1) is 13.8 Å². The molecule has 0 saturated heterocycles. The number of anilines is 2. The fourth-order valence-electron chi connectivity index (χ4n) is 3.55. The molecule has 1 atom stereocenters. The Hall–Kier alpha value is -3.61. The standard InChI is InChI=1S/C22H23N5O2/c1-13-7-5-6-8-18(13)25-21(28)19-14(2)23-22-24-15(3)26-27(22)20(19)16-9-11-17(29-4)12-10-16/h5-12,20H,1-4H3,(H,25,28)(H,23,24,26). The van der Waals surface area contributed by atoms with Gasteiger partial charge in [0.15, 0.2) is 0 Å². The lowest BCUT2D eigenvalue weighted by molar-refractivity contribution is -0.113. The Balaban J connectivity index is 1.78. The number of nitrogens with one attached hydrogen (secondary N) is 2. The SMILES string of the molecule is COc1ccc(C2C(C(=O)Nc3ccccc3C)=C(C)Nc3nc(C)nn32)cc1. The molecule has 148 valence electrons. The maximum absolute atomic E-state index is 13.4. The average molecular weight is 389 g/mol. The molecule has 2 heterocycles. The third kappa shape index (κ3) is 3.47. The first-order valence-corrected chi connectivity index (χ1v) is 9.40. The summed E-state index contributed by atoms with van der Waals surface area (Å²) in [6.45, 7) is 5.69. The highest BCUT2D eigenvalue weighted by atomic mass is 16.5. The van der Waals surface area contributed by atoms with E-state index in [4.69, 9.17) is 4.74 Å². The second-order valence-electron chi connectivity index (χ2n) is 7.04. The van der Waals surface area contributed by atoms with Gasteiger partial charge in [0.1, 0.15) is 17.6 Å². The number of aryl methyl sites for hydroxylation is 2. The van der Waals surface area contributed by atoms with E-state index < -0.39 is 6.04 Å². The monoisotopic (exact) mass is 389 g/mol. The summed E-state index contributed by atoms with van der Waals surface area (Å²) in [7, 11) is 1.63. The van der Waals surface area contributed by atoms with Crippen LogP contribution in [0.25, 0.3) is 0 Å². The van der Waals surface area contributed by atoms with Crippen molar-refractivity contribution in [3.05, 3.63) is 76.8 Å². The van der Waals surface area contributed by atoms with Crippen LogP contribution in [-0.4, -0.2) is 27.8 Å². The lowest BCUT2D eigenvalue weighted by Crippen LogP contribution is -2.31. The quantitative estimate of drug-likeness (QED) is 0.709. The van der Waals surface area contributed by atoms with Crippen molar-refractivity contribution in [3.63, 3.8) is 0 Å². The number of carbonyl (C=O) groups is 1. The van der Waals surface area contributed by atoms with Crippen LogP contribution in [0.1, 0.15) is 29.9 Å². The first-order chi connectivity index (χ1) is 14.0. The number of fused-ring (bicyclic) bond motifs is 1. The van der Waals surface area contributed by atoms with Crippen molar-refractivity contribution in [2.45, 2.75) is 26.8 Å². The molecule has 7 nitrogen and oxygen atoms in total. The number of para-hydroxylation sites is 1. The van der Waals surface area contributed by atoms with Crippen LogP contribution < -0.4 is 15.4 Å². The molecule has 1 aliphatic heterocycles. The molecule has 0 fully saturated rings. The fraction of sp³-hybridized carbons (Fsp3) is 0.227. The third-order valence-electron chi connectivity index (χ3n) is 5.03. The summed E-state index contributed by atoms with van der Waals surface area (Å²) >= 11 is 0. The van der Waals surface area contributed by atoms with Gasteiger partial charge in [-0.3, -0.25) is 4.79 Å². The van der Waals surface area contributed by atoms with Crippen molar-refractivity contribution < 1.29 is 9.53 Å². The fourth-order valence-corrected chi connectivity index (χ4v) is 3.55. The lowest BCUT2D eigenvalue weighted by Gasteiger charge is -2.29. The number of aromatic nitrogens is 3. The van der Waals surface area contributed by atoms with E-state index in [0.717, 1.165) is 28.3 Å². The molecule has 1 amide bonds. The molecule has 4 rings (SSSR count). The smallest absolute Gasteiger partial charge is 0.255 e. The Labute approximate surface area is 169 Å². The number of benzene rings is 2. The van der Waals surface area contributed by atoms with Gasteiger partial charge in [-0.1, -0.05) is 30.3 Å². The van der Waals surface area contributed by atoms with Crippen LogP contribution >= 0.6 is 0 Å². The van der Waals surface area contributed by atoms with E-state index in [0.29, 0.717) is 17.3 Å². The Morgan fingerprint density at radius 2 is 1.83 bits per heavy atom. The predicted octanol–water partition coefficient (Wildman–Crippen LogP) is 3.83. The van der Waals surface area contributed by atoms with Gasteiger partial charge in [-0.25, -0.2) is 4.68 Å². The molecule has 1 aromatic heterocycles. The van der Waals surface area contributed by atoms with E-state index in [1.165, 1.54) is 0 Å². The second kappa shape index (κ2) is 7.43. The van der Waals surface area contributed by atoms with Crippen LogP contribution in [0.2, 0.25) is 0 Å². The number of rotatable bonds is 4. The number of allylic oxidation sites excluding steroid dienone is 1. The van der Waals surface area contributed by atoms with Gasteiger partial charge in [0.05, 0.1) is 12.7 Å². The minimum atomic E-state index is -0.401. The summed E-state index contributed by atoms with van der Waals surface area (Å²) in [5, 5.41) is 10.8. The Bertz CT molecular complexity index is 1100. The van der Waals surface area contributed by atoms with E-state index in [2.05, 4.69) is 20.7 Å². The number of nitrogens with zero attached hydrogens (tertiary/aromatic N) is 3. The van der Waals surface area contributed by atoms with Crippen LogP contribution in [0.5, 0.6) is 5.75 Å². The number of hydrogen-bond acceptors (Lipinski definition) is 5. The van der Waals surface area contributed by atoms with Gasteiger partial charge in [0.2, 0.25) is 5.95 Å². The van der Waals surface area contributed by atoms with Gasteiger partial charge in [0.25, 0.3) is 5.91 Å². The number of ether oxygens (including phenoxy) is 1. The van der Waals surface area contributed by atoms with Gasteiger partial charge in [-0.2, -0.15) is 10.1 Å². The highest BCUT2D eigenvalue weighted by Crippen LogP contribution is 2.36. The Morgan fingerprint density at radius 3 is 2.52 bits per heavy atom. The first kappa shape index (κ1) is 18.7. The zero-order valence-corrected chi connectivity index (χ0v) is 16.9. The molecule has 2 N–H and O–H groups in total. The van der Waals surface area contributed by atoms with Crippen molar-refractivity contribution in [1.82, 2.24) is 14.8 Å². The summed E-state index contributed by atoms with van der Waals surface area (Å²) < 4.78 is 7.04. The molecule has 1 unspecified atom stereocenters. The van der Waals surface area contributed by atoms with Gasteiger partial charge < -0.3 is 15.4 Å². The van der Waals surface area contributed by atoms with Crippen molar-refractivity contribution in [1.29, 1.82) is 0 Å². The summed E-state index contributed by atoms with van der Waals surface area (Å²) in [5.41, 5.74) is 4.05. The van der Waals surface area contributed by atoms with E-state index in [9.17, 15) is 4.79 Å². The van der Waals surface area contributed by atoms with E-state index in [-0.39, 0.29) is 5.91 Å². The summed E-state index contributed by atoms with van der Waals surface area (Å²) in [6.07, 6.45) is 0. The van der Waals surface area contributed by atoms with Crippen molar-refractivity contribution in [2.24, 2.45) is 0 Å². The topological polar surface area (TPSA) is 81.1 Å². The van der Waals surface area contributed by atoms with Gasteiger partial charge >= 0.3 is 0 Å². The number of hydrogen-bond donors (Lipinski definition) is 2. The number of methoxy groups -OCH3 is 1. The second-order valence-corrected chi connectivity index (χ2v) is 7.04. The van der Waals surface area contributed by atoms with Gasteiger partial charge in [0, 0.05) is 11.4 Å². The first-order valence-electron chi connectivity index (χ1n) is 9.40. The normalized spacial score (nSPS) is 15.5. The van der Waals surface area contributed by atoms with Crippen LogP contribution in [0.15, 0.2) is 59.8 Å². The van der Waals surface area contributed by atoms with Gasteiger partial charge in [-0.15, -0.1) is 0 Å². The molecular formula is C22H23N5O2. The molecule has 2 aromatic carbocycles. The van der Waals surface area contributed by atoms with Crippen LogP contribution in [0.3, 0.4) is 0 Å². The van der Waals surface area contributed by atoms with Crippen molar-refractivity contribution >= 4 is 17.5 Å². The van der Waals surface area contributed by atoms with Gasteiger partial charge in [-0.05, 0) is 50.1 Å². The minimum Gasteiger partial charge on any atom is -0.497 e. The Morgan fingerprint density at radius 1 is 1.10 bits per heavy atom. The molecule has 7 heteroatoms. The molecular weight excluding hydrogens is 366 g/mol. The average Bonchev–Trinajstić information content (AvgIpc) is 3.08. The minimum absolute atomic E-state index is 0.177. The molecule has 0 saturated carbocycles. The van der Waals surface area contributed by atoms with Crippen molar-refractivity contribution in [3.8, 4) is 5.75 Å². The van der Waals surface area contributed by atoms with Crippen molar-refractivity contribution in [2.75, 3.05) is 17.7 Å². The molecule has 29 heavy (non-hydrogen) atoms. The maximum Gasteiger partial charge on any atom is 0.255 e. The lowest BCUT2D eigenvalue weighted by atomic mass is 9.95. The summed E-state index contributed by atoms with van der Waals surface area (Å²) in [6, 6.07) is 15.0. The molecule has 0 bridgehead atoms. The number of carbonyl (C=O) groups excluding carboxylic acids is 1. The molecule has 0 aliphatic carbocycles. The third-order valence-corrected chi connectivity index (χ3v) is 5.03. The molecule has 0 radical (unpaired) electrons. The zero-order valence-electron chi connectivity index (χ0n) is 16.9. The summed E-state index contributed by atoms with van der Waals surface area (Å²) in [4.78, 5) is 17.8. The maximum atomic E-state index is 13.4. The van der Waals surface area contributed by atoms with E-state index in [1.807, 2.05) is 69.3 Å². The molecule has 3 aromatic rings. The predicted molar refractivity (Wildman–Crippen MR) is 112 cm³/mol. The van der Waals surface area contributed by atoms with Crippen LogP contribution in [0.4, 0.5) is 11.6 Å². The highest BCUT2D eigenvalue weighted by molar-refractivity contribution is 6.06. The van der Waals surface area contributed by atoms with E-state index in [1.54, 1.807) is 11.8 Å². The number of amides is 1.